The van der Waals surface area contributed by atoms with Crippen molar-refractivity contribution < 1.29 is 0 Å². The maximum absolute atomic E-state index is 13.5. The van der Waals surface area contributed by atoms with E-state index in [1.165, 1.54) is 22.0 Å². The van der Waals surface area contributed by atoms with Crippen LogP contribution in [0.4, 0.5) is 0 Å². The van der Waals surface area contributed by atoms with Crippen LogP contribution in [-0.2, 0) is 13.6 Å². The zero-order chi connectivity index (χ0) is 20.3. The van der Waals surface area contributed by atoms with Crippen molar-refractivity contribution in [3.63, 3.8) is 0 Å². The Kier molecular flexibility index (Phi) is 4.01. The lowest BCUT2D eigenvalue weighted by atomic mass is 10.2. The van der Waals surface area contributed by atoms with E-state index in [2.05, 4.69) is 11.5 Å². The standard InChI is InChI=1S/C22H25N5O2/c1-14-15(2)27-18-19(23-21(27)26(14)17-11-7-8-12-17)24(3)22(29)25(20(18)28)13-16-9-5-4-6-10-16/h4-6,9-10,17H,7-8,11-13H2,1-3H3. The van der Waals surface area contributed by atoms with Gasteiger partial charge >= 0.3 is 5.69 Å². The summed E-state index contributed by atoms with van der Waals surface area (Å²) in [6.07, 6.45) is 4.70. The molecule has 0 unspecified atom stereocenters. The Morgan fingerprint density at radius 3 is 2.41 bits per heavy atom. The van der Waals surface area contributed by atoms with Crippen molar-refractivity contribution in [2.75, 3.05) is 0 Å². The quantitative estimate of drug-likeness (QED) is 0.539. The highest BCUT2D eigenvalue weighted by Gasteiger charge is 2.27. The molecule has 7 nitrogen and oxygen atoms in total. The SMILES string of the molecule is Cc1c(C)n2c3c(=O)n(Cc4ccccc4)c(=O)n(C)c3nc2n1C1CCCC1. The second-order valence-electron chi connectivity index (χ2n) is 8.12. The van der Waals surface area contributed by atoms with Crippen molar-refractivity contribution in [3.05, 3.63) is 68.1 Å². The lowest BCUT2D eigenvalue weighted by Crippen LogP contribution is -2.39. The van der Waals surface area contributed by atoms with E-state index in [4.69, 9.17) is 4.98 Å². The second-order valence-corrected chi connectivity index (χ2v) is 8.12. The first-order valence-corrected chi connectivity index (χ1v) is 10.2. The van der Waals surface area contributed by atoms with Crippen LogP contribution in [0, 0.1) is 13.8 Å². The number of aromatic nitrogens is 5. The van der Waals surface area contributed by atoms with E-state index < -0.39 is 0 Å². The summed E-state index contributed by atoms with van der Waals surface area (Å²) in [5, 5.41) is 0. The molecular weight excluding hydrogens is 366 g/mol. The predicted molar refractivity (Wildman–Crippen MR) is 113 cm³/mol. The molecule has 3 aromatic heterocycles. The molecule has 0 saturated heterocycles. The normalized spacial score (nSPS) is 15.1. The molecule has 0 bridgehead atoms. The van der Waals surface area contributed by atoms with Gasteiger partial charge in [-0.25, -0.2) is 4.79 Å². The van der Waals surface area contributed by atoms with Gasteiger partial charge in [-0.3, -0.25) is 18.3 Å². The number of rotatable bonds is 3. The van der Waals surface area contributed by atoms with E-state index in [0.717, 1.165) is 35.6 Å². The number of imidazole rings is 2. The first kappa shape index (κ1) is 18.0. The molecule has 0 spiro atoms. The molecule has 150 valence electrons. The zero-order valence-electron chi connectivity index (χ0n) is 17.1. The summed E-state index contributed by atoms with van der Waals surface area (Å²) in [5.41, 5.74) is 3.38. The monoisotopic (exact) mass is 391 g/mol. The van der Waals surface area contributed by atoms with Crippen LogP contribution < -0.4 is 11.2 Å². The fraction of sp³-hybridized carbons (Fsp3) is 0.409. The summed E-state index contributed by atoms with van der Waals surface area (Å²) in [7, 11) is 1.69. The summed E-state index contributed by atoms with van der Waals surface area (Å²) in [4.78, 5) is 31.2. The first-order valence-electron chi connectivity index (χ1n) is 10.2. The fourth-order valence-electron chi connectivity index (χ4n) is 4.78. The predicted octanol–water partition coefficient (Wildman–Crippen LogP) is 2.93. The van der Waals surface area contributed by atoms with Crippen molar-refractivity contribution in [3.8, 4) is 0 Å². The van der Waals surface area contributed by atoms with Crippen LogP contribution in [0.2, 0.25) is 0 Å². The third-order valence-electron chi connectivity index (χ3n) is 6.43. The average Bonchev–Trinajstić information content (AvgIpc) is 3.43. The molecule has 1 saturated carbocycles. The van der Waals surface area contributed by atoms with Crippen molar-refractivity contribution in [2.24, 2.45) is 7.05 Å². The summed E-state index contributed by atoms with van der Waals surface area (Å²) in [5.74, 6) is 0.770. The number of benzene rings is 1. The Morgan fingerprint density at radius 2 is 1.72 bits per heavy atom. The Morgan fingerprint density at radius 1 is 1.03 bits per heavy atom. The van der Waals surface area contributed by atoms with Gasteiger partial charge < -0.3 is 4.57 Å². The molecule has 0 atom stereocenters. The lowest BCUT2D eigenvalue weighted by Gasteiger charge is -2.13. The minimum absolute atomic E-state index is 0.247. The number of fused-ring (bicyclic) bond motifs is 3. The van der Waals surface area contributed by atoms with Gasteiger partial charge in [-0.05, 0) is 32.3 Å². The molecule has 0 N–H and O–H groups in total. The van der Waals surface area contributed by atoms with Gasteiger partial charge in [0.05, 0.1) is 6.54 Å². The van der Waals surface area contributed by atoms with E-state index in [1.807, 2.05) is 41.7 Å². The molecular formula is C22H25N5O2. The van der Waals surface area contributed by atoms with Crippen molar-refractivity contribution >= 4 is 16.9 Å². The van der Waals surface area contributed by atoms with Gasteiger partial charge in [0, 0.05) is 24.5 Å². The smallest absolute Gasteiger partial charge is 0.311 e. The highest BCUT2D eigenvalue weighted by molar-refractivity contribution is 5.76. The van der Waals surface area contributed by atoms with Gasteiger partial charge in [0.15, 0.2) is 11.2 Å². The highest BCUT2D eigenvalue weighted by atomic mass is 16.2. The Hall–Kier alpha value is -3.09. The number of aryl methyl sites for hydroxylation is 2. The molecule has 5 rings (SSSR count). The maximum atomic E-state index is 13.5. The van der Waals surface area contributed by atoms with E-state index in [-0.39, 0.29) is 17.8 Å². The largest absolute Gasteiger partial charge is 0.332 e. The third-order valence-corrected chi connectivity index (χ3v) is 6.43. The van der Waals surface area contributed by atoms with Crippen LogP contribution in [-0.4, -0.2) is 23.1 Å². The maximum Gasteiger partial charge on any atom is 0.332 e. The number of hydrogen-bond donors (Lipinski definition) is 0. The minimum atomic E-state index is -0.339. The second kappa shape index (κ2) is 6.47. The molecule has 1 aliphatic carbocycles. The fourth-order valence-corrected chi connectivity index (χ4v) is 4.78. The summed E-state index contributed by atoms with van der Waals surface area (Å²) in [6, 6.07) is 10.0. The van der Waals surface area contributed by atoms with Gasteiger partial charge in [-0.2, -0.15) is 4.98 Å². The Balaban J connectivity index is 1.83. The minimum Gasteiger partial charge on any atom is -0.311 e. The molecule has 1 aromatic carbocycles. The average molecular weight is 391 g/mol. The first-order chi connectivity index (χ1) is 14.0. The van der Waals surface area contributed by atoms with E-state index in [1.54, 1.807) is 7.05 Å². The van der Waals surface area contributed by atoms with Crippen LogP contribution in [0.1, 0.15) is 48.7 Å². The van der Waals surface area contributed by atoms with Gasteiger partial charge in [0.2, 0.25) is 5.78 Å². The summed E-state index contributed by atoms with van der Waals surface area (Å²) < 4.78 is 7.04. The zero-order valence-corrected chi connectivity index (χ0v) is 17.1. The molecule has 1 fully saturated rings. The van der Waals surface area contributed by atoms with Crippen LogP contribution in [0.5, 0.6) is 0 Å². The van der Waals surface area contributed by atoms with Crippen molar-refractivity contribution in [1.29, 1.82) is 0 Å². The van der Waals surface area contributed by atoms with Gasteiger partial charge in [0.25, 0.3) is 5.56 Å². The van der Waals surface area contributed by atoms with E-state index in [0.29, 0.717) is 17.2 Å². The van der Waals surface area contributed by atoms with Crippen molar-refractivity contribution in [2.45, 2.75) is 52.1 Å². The van der Waals surface area contributed by atoms with Gasteiger partial charge in [-0.15, -0.1) is 0 Å². The summed E-state index contributed by atoms with van der Waals surface area (Å²) in [6.45, 7) is 4.37. The topological polar surface area (TPSA) is 66.2 Å². The Labute approximate surface area is 167 Å². The van der Waals surface area contributed by atoms with Crippen LogP contribution >= 0.6 is 0 Å². The van der Waals surface area contributed by atoms with E-state index >= 15 is 0 Å². The number of hydrogen-bond acceptors (Lipinski definition) is 3. The Bertz CT molecular complexity index is 1350. The molecule has 7 heteroatoms. The third kappa shape index (κ3) is 2.53. The molecule has 0 amide bonds. The van der Waals surface area contributed by atoms with E-state index in [9.17, 15) is 9.59 Å². The highest BCUT2D eigenvalue weighted by Crippen LogP contribution is 2.34. The van der Waals surface area contributed by atoms with Gasteiger partial charge in [-0.1, -0.05) is 43.2 Å². The number of nitrogens with zero attached hydrogens (tertiary/aromatic N) is 5. The molecule has 0 radical (unpaired) electrons. The molecule has 3 heterocycles. The molecule has 0 aliphatic heterocycles. The van der Waals surface area contributed by atoms with Crippen LogP contribution in [0.15, 0.2) is 39.9 Å². The van der Waals surface area contributed by atoms with Crippen LogP contribution in [0.25, 0.3) is 16.9 Å². The van der Waals surface area contributed by atoms with Gasteiger partial charge in [0.1, 0.15) is 0 Å². The lowest BCUT2D eigenvalue weighted by molar-refractivity contribution is 0.520. The molecule has 29 heavy (non-hydrogen) atoms. The van der Waals surface area contributed by atoms with Crippen LogP contribution in [0.3, 0.4) is 0 Å². The molecule has 1 aliphatic rings. The molecule has 4 aromatic rings. The van der Waals surface area contributed by atoms with Crippen molar-refractivity contribution in [1.82, 2.24) is 23.1 Å². The summed E-state index contributed by atoms with van der Waals surface area (Å²) >= 11 is 0.